The van der Waals surface area contributed by atoms with E-state index >= 15 is 0 Å². The number of hydrogen-bond donors (Lipinski definition) is 0. The zero-order chi connectivity index (χ0) is 13.3. The van der Waals surface area contributed by atoms with Crippen LogP contribution in [0, 0.1) is 0 Å². The van der Waals surface area contributed by atoms with E-state index in [1.54, 1.807) is 25.3 Å². The summed E-state index contributed by atoms with van der Waals surface area (Å²) in [6.07, 6.45) is 1.17. The van der Waals surface area contributed by atoms with E-state index in [9.17, 15) is 8.42 Å². The lowest BCUT2D eigenvalue weighted by molar-refractivity contribution is 0.403. The molecular formula is C13H14O4S. The maximum atomic E-state index is 11.7. The van der Waals surface area contributed by atoms with E-state index in [0.29, 0.717) is 5.75 Å². The van der Waals surface area contributed by atoms with Crippen LogP contribution in [-0.4, -0.2) is 28.9 Å². The van der Waals surface area contributed by atoms with Gasteiger partial charge in [-0.2, -0.15) is 0 Å². The fourth-order valence-corrected chi connectivity index (χ4v) is 2.66. The lowest BCUT2D eigenvalue weighted by atomic mass is 10.1. The van der Waals surface area contributed by atoms with Crippen molar-refractivity contribution in [1.82, 2.24) is 0 Å². The molecule has 0 aliphatic carbocycles. The Bertz CT molecular complexity index is 689. The number of ether oxygens (including phenoxy) is 2. The predicted octanol–water partition coefficient (Wildman–Crippen LogP) is 2.26. The van der Waals surface area contributed by atoms with Crippen LogP contribution in [0.4, 0.5) is 0 Å². The first kappa shape index (κ1) is 12.7. The molecule has 0 aliphatic rings. The van der Waals surface area contributed by atoms with Crippen LogP contribution in [-0.2, 0) is 9.84 Å². The van der Waals surface area contributed by atoms with E-state index in [4.69, 9.17) is 9.47 Å². The molecule has 4 nitrogen and oxygen atoms in total. The minimum Gasteiger partial charge on any atom is -0.497 e. The Kier molecular flexibility index (Phi) is 3.17. The number of benzene rings is 2. The molecule has 0 spiro atoms. The van der Waals surface area contributed by atoms with Crippen LogP contribution in [0.2, 0.25) is 0 Å². The second-order valence-corrected chi connectivity index (χ2v) is 5.97. The van der Waals surface area contributed by atoms with Crippen molar-refractivity contribution >= 4 is 20.6 Å². The molecule has 0 saturated heterocycles. The van der Waals surface area contributed by atoms with Gasteiger partial charge in [-0.25, -0.2) is 8.42 Å². The van der Waals surface area contributed by atoms with Crippen LogP contribution in [0.1, 0.15) is 0 Å². The summed E-state index contributed by atoms with van der Waals surface area (Å²) in [5, 5.41) is 1.70. The molecule has 0 aromatic heterocycles. The Hall–Kier alpha value is -1.75. The van der Waals surface area contributed by atoms with Crippen LogP contribution < -0.4 is 9.47 Å². The number of fused-ring (bicyclic) bond motifs is 1. The Morgan fingerprint density at radius 2 is 1.67 bits per heavy atom. The molecular weight excluding hydrogens is 252 g/mol. The number of methoxy groups -OCH3 is 2. The van der Waals surface area contributed by atoms with Crippen molar-refractivity contribution in [3.8, 4) is 11.5 Å². The first-order valence-electron chi connectivity index (χ1n) is 5.31. The summed E-state index contributed by atoms with van der Waals surface area (Å²) in [4.78, 5) is 0.197. The summed E-state index contributed by atoms with van der Waals surface area (Å²) >= 11 is 0. The maximum absolute atomic E-state index is 11.7. The number of hydrogen-bond acceptors (Lipinski definition) is 4. The lowest BCUT2D eigenvalue weighted by Gasteiger charge is -2.09. The van der Waals surface area contributed by atoms with Gasteiger partial charge >= 0.3 is 0 Å². The molecule has 0 fully saturated rings. The summed E-state index contributed by atoms with van der Waals surface area (Å²) in [6.45, 7) is 0. The molecule has 0 amide bonds. The first-order chi connectivity index (χ1) is 8.45. The number of sulfone groups is 1. The van der Waals surface area contributed by atoms with Crippen LogP contribution in [0.25, 0.3) is 10.8 Å². The van der Waals surface area contributed by atoms with Crippen LogP contribution >= 0.6 is 0 Å². The zero-order valence-electron chi connectivity index (χ0n) is 10.4. The zero-order valence-corrected chi connectivity index (χ0v) is 11.2. The molecule has 0 atom stereocenters. The number of rotatable bonds is 3. The Morgan fingerprint density at radius 3 is 2.22 bits per heavy atom. The predicted molar refractivity (Wildman–Crippen MR) is 70.2 cm³/mol. The van der Waals surface area contributed by atoms with Gasteiger partial charge in [0.25, 0.3) is 0 Å². The molecule has 5 heteroatoms. The highest BCUT2D eigenvalue weighted by molar-refractivity contribution is 7.90. The van der Waals surface area contributed by atoms with E-state index in [1.807, 2.05) is 12.1 Å². The summed E-state index contributed by atoms with van der Waals surface area (Å²) < 4.78 is 33.6. The van der Waals surface area contributed by atoms with Gasteiger partial charge in [0.15, 0.2) is 9.84 Å². The highest BCUT2D eigenvalue weighted by Crippen LogP contribution is 2.31. The van der Waals surface area contributed by atoms with Gasteiger partial charge in [0, 0.05) is 6.26 Å². The van der Waals surface area contributed by atoms with E-state index in [0.717, 1.165) is 16.5 Å². The van der Waals surface area contributed by atoms with Crippen molar-refractivity contribution in [1.29, 1.82) is 0 Å². The summed E-state index contributed by atoms with van der Waals surface area (Å²) in [6, 6.07) is 8.77. The van der Waals surface area contributed by atoms with Gasteiger partial charge in [0.05, 0.1) is 14.2 Å². The van der Waals surface area contributed by atoms with E-state index in [2.05, 4.69) is 0 Å². The minimum atomic E-state index is -3.31. The monoisotopic (exact) mass is 266 g/mol. The molecule has 0 radical (unpaired) electrons. The highest BCUT2D eigenvalue weighted by Gasteiger charge is 2.15. The average molecular weight is 266 g/mol. The molecule has 0 unspecified atom stereocenters. The van der Waals surface area contributed by atoms with Crippen molar-refractivity contribution in [2.45, 2.75) is 4.90 Å². The largest absolute Gasteiger partial charge is 0.497 e. The average Bonchev–Trinajstić information content (AvgIpc) is 2.35. The van der Waals surface area contributed by atoms with Crippen LogP contribution in [0.3, 0.4) is 0 Å². The highest BCUT2D eigenvalue weighted by atomic mass is 32.2. The smallest absolute Gasteiger partial charge is 0.179 e. The van der Waals surface area contributed by atoms with Gasteiger partial charge in [-0.15, -0.1) is 0 Å². The molecule has 0 aliphatic heterocycles. The quantitative estimate of drug-likeness (QED) is 0.855. The fraction of sp³-hybridized carbons (Fsp3) is 0.231. The maximum Gasteiger partial charge on any atom is 0.179 e. The van der Waals surface area contributed by atoms with Gasteiger partial charge < -0.3 is 9.47 Å². The van der Waals surface area contributed by atoms with E-state index < -0.39 is 9.84 Å². The molecule has 0 bridgehead atoms. The third-order valence-electron chi connectivity index (χ3n) is 2.73. The van der Waals surface area contributed by atoms with Gasteiger partial charge in [0.1, 0.15) is 16.4 Å². The molecule has 2 aromatic rings. The van der Waals surface area contributed by atoms with Gasteiger partial charge in [0.2, 0.25) is 0 Å². The lowest BCUT2D eigenvalue weighted by Crippen LogP contribution is -2.00. The summed E-state index contributed by atoms with van der Waals surface area (Å²) in [7, 11) is -0.268. The fourth-order valence-electron chi connectivity index (χ4n) is 1.81. The minimum absolute atomic E-state index is 0.197. The molecule has 18 heavy (non-hydrogen) atoms. The summed E-state index contributed by atoms with van der Waals surface area (Å²) in [5.74, 6) is 1.06. The van der Waals surface area contributed by atoms with E-state index in [-0.39, 0.29) is 4.90 Å². The molecule has 2 aromatic carbocycles. The second kappa shape index (κ2) is 4.49. The molecule has 2 rings (SSSR count). The Morgan fingerprint density at radius 1 is 0.944 bits per heavy atom. The van der Waals surface area contributed by atoms with Crippen LogP contribution in [0.15, 0.2) is 35.2 Å². The molecule has 0 heterocycles. The molecule has 96 valence electrons. The second-order valence-electron chi connectivity index (χ2n) is 3.99. The van der Waals surface area contributed by atoms with Crippen LogP contribution in [0.5, 0.6) is 11.5 Å². The third-order valence-corrected chi connectivity index (χ3v) is 3.85. The van der Waals surface area contributed by atoms with Crippen molar-refractivity contribution in [3.63, 3.8) is 0 Å². The first-order valence-corrected chi connectivity index (χ1v) is 7.20. The molecule has 0 N–H and O–H groups in total. The Balaban J connectivity index is 2.76. The third kappa shape index (κ3) is 2.26. The van der Waals surface area contributed by atoms with Gasteiger partial charge in [-0.3, -0.25) is 0 Å². The normalized spacial score (nSPS) is 11.5. The van der Waals surface area contributed by atoms with Gasteiger partial charge in [-0.05, 0) is 35.0 Å². The van der Waals surface area contributed by atoms with Gasteiger partial charge in [-0.1, -0.05) is 6.07 Å². The van der Waals surface area contributed by atoms with Crippen molar-refractivity contribution < 1.29 is 17.9 Å². The standard InChI is InChI=1S/C13H14O4S/c1-16-11-5-4-9-8-13(18(3,14)15)12(17-2)7-10(9)6-11/h4-8H,1-3H3. The topological polar surface area (TPSA) is 52.6 Å². The SMILES string of the molecule is COc1ccc2cc(S(C)(=O)=O)c(OC)cc2c1. The molecule has 0 saturated carbocycles. The van der Waals surface area contributed by atoms with E-state index in [1.165, 1.54) is 13.4 Å². The summed E-state index contributed by atoms with van der Waals surface area (Å²) in [5.41, 5.74) is 0. The Labute approximate surface area is 106 Å². The van der Waals surface area contributed by atoms with Crippen molar-refractivity contribution in [2.75, 3.05) is 20.5 Å². The van der Waals surface area contributed by atoms with Crippen molar-refractivity contribution in [3.05, 3.63) is 30.3 Å². The van der Waals surface area contributed by atoms with Crippen molar-refractivity contribution in [2.24, 2.45) is 0 Å².